The zero-order chi connectivity index (χ0) is 14.8. The third-order valence-corrected chi connectivity index (χ3v) is 5.94. The number of carbonyl (C=O) groups is 1. The molecule has 4 aliphatic rings. The van der Waals surface area contributed by atoms with E-state index in [1.54, 1.807) is 0 Å². The number of anilines is 1. The molecule has 2 aliphatic carbocycles. The zero-order valence-electron chi connectivity index (χ0n) is 12.4. The van der Waals surface area contributed by atoms with E-state index in [9.17, 15) is 9.90 Å². The molecule has 0 fully saturated rings. The molecule has 1 aromatic carbocycles. The van der Waals surface area contributed by atoms with Crippen LogP contribution >= 0.6 is 0 Å². The smallest absolute Gasteiger partial charge is 0.335 e. The van der Waals surface area contributed by atoms with Crippen molar-refractivity contribution in [3.63, 3.8) is 0 Å². The van der Waals surface area contributed by atoms with Crippen LogP contribution in [-0.4, -0.2) is 24.2 Å². The van der Waals surface area contributed by atoms with E-state index in [2.05, 4.69) is 29.2 Å². The Bertz CT molecular complexity index is 682. The van der Waals surface area contributed by atoms with Gasteiger partial charge in [-0.1, -0.05) is 24.3 Å². The molecule has 2 aliphatic heterocycles. The lowest BCUT2D eigenvalue weighted by atomic mass is 9.74. The Kier molecular flexibility index (Phi) is 2.42. The van der Waals surface area contributed by atoms with Crippen molar-refractivity contribution in [2.24, 2.45) is 11.8 Å². The van der Waals surface area contributed by atoms with Crippen molar-refractivity contribution in [1.29, 1.82) is 0 Å². The van der Waals surface area contributed by atoms with Gasteiger partial charge in [-0.3, -0.25) is 0 Å². The minimum absolute atomic E-state index is 0.409. The molecule has 0 spiro atoms. The first kappa shape index (κ1) is 12.5. The topological polar surface area (TPSA) is 40.5 Å². The molecule has 1 N–H and O–H groups in total. The maximum atomic E-state index is 11.6. The summed E-state index contributed by atoms with van der Waals surface area (Å²) >= 11 is 0. The van der Waals surface area contributed by atoms with Crippen LogP contribution < -0.4 is 4.90 Å². The maximum Gasteiger partial charge on any atom is 0.335 e. The summed E-state index contributed by atoms with van der Waals surface area (Å²) in [6, 6.07) is 3.86. The molecule has 0 saturated carbocycles. The predicted octanol–water partition coefficient (Wildman–Crippen LogP) is 3.54. The third-order valence-electron chi connectivity index (χ3n) is 5.94. The van der Waals surface area contributed by atoms with Crippen LogP contribution in [0.15, 0.2) is 36.4 Å². The highest BCUT2D eigenvalue weighted by atomic mass is 16.4. The molecule has 3 nitrogen and oxygen atoms in total. The first-order valence-electron chi connectivity index (χ1n) is 8.22. The van der Waals surface area contributed by atoms with Crippen LogP contribution in [0.3, 0.4) is 0 Å². The molecule has 112 valence electrons. The number of hydrogen-bond donors (Lipinski definition) is 1. The molecule has 0 saturated heterocycles. The van der Waals surface area contributed by atoms with E-state index in [0.717, 1.165) is 25.9 Å². The number of benzene rings is 1. The van der Waals surface area contributed by atoms with Crippen molar-refractivity contribution in [3.05, 3.63) is 53.1 Å². The molecule has 2 heterocycles. The quantitative estimate of drug-likeness (QED) is 0.805. The number of aromatic carboxylic acids is 1. The summed E-state index contributed by atoms with van der Waals surface area (Å²) in [4.78, 5) is 14.1. The van der Waals surface area contributed by atoms with Crippen molar-refractivity contribution >= 4 is 11.7 Å². The molecule has 22 heavy (non-hydrogen) atoms. The van der Waals surface area contributed by atoms with Crippen LogP contribution in [0.25, 0.3) is 0 Å². The highest BCUT2D eigenvalue weighted by molar-refractivity contribution is 5.90. The van der Waals surface area contributed by atoms with E-state index in [1.165, 1.54) is 16.8 Å². The van der Waals surface area contributed by atoms with E-state index in [4.69, 9.17) is 0 Å². The van der Waals surface area contributed by atoms with Gasteiger partial charge in [0.2, 0.25) is 0 Å². The van der Waals surface area contributed by atoms with Crippen LogP contribution in [0.2, 0.25) is 0 Å². The second-order valence-electron chi connectivity index (χ2n) is 7.11. The molecule has 1 aromatic rings. The summed E-state index contributed by atoms with van der Waals surface area (Å²) in [5.74, 6) is 1.25. The zero-order valence-corrected chi connectivity index (χ0v) is 12.4. The number of fused-ring (bicyclic) bond motifs is 4. The Morgan fingerprint density at radius 2 is 1.55 bits per heavy atom. The van der Waals surface area contributed by atoms with Gasteiger partial charge in [0, 0.05) is 30.6 Å². The summed E-state index contributed by atoms with van der Waals surface area (Å²) in [6.07, 6.45) is 11.4. The summed E-state index contributed by atoms with van der Waals surface area (Å²) in [7, 11) is 0. The largest absolute Gasteiger partial charge is 0.478 e. The van der Waals surface area contributed by atoms with Crippen LogP contribution in [0.4, 0.5) is 5.69 Å². The molecule has 0 aromatic heterocycles. The molecule has 0 amide bonds. The lowest BCUT2D eigenvalue weighted by molar-refractivity contribution is 0.0696. The molecule has 0 unspecified atom stereocenters. The Morgan fingerprint density at radius 3 is 2.05 bits per heavy atom. The Balaban J connectivity index is 1.77. The number of allylic oxidation sites excluding steroid dienone is 4. The molecule has 3 heteroatoms. The normalized spacial score (nSPS) is 33.5. The van der Waals surface area contributed by atoms with Gasteiger partial charge in [-0.2, -0.15) is 0 Å². The lowest BCUT2D eigenvalue weighted by Crippen LogP contribution is -2.43. The molecule has 0 radical (unpaired) electrons. The molecule has 0 bridgehead atoms. The fourth-order valence-electron chi connectivity index (χ4n) is 5.00. The van der Waals surface area contributed by atoms with Crippen molar-refractivity contribution in [2.75, 3.05) is 18.0 Å². The number of hydrogen-bond acceptors (Lipinski definition) is 2. The van der Waals surface area contributed by atoms with Crippen molar-refractivity contribution in [2.45, 2.75) is 24.7 Å². The number of rotatable bonds is 1. The minimum Gasteiger partial charge on any atom is -0.478 e. The second kappa shape index (κ2) is 4.25. The fourth-order valence-corrected chi connectivity index (χ4v) is 5.00. The molecule has 5 rings (SSSR count). The second-order valence-corrected chi connectivity index (χ2v) is 7.11. The van der Waals surface area contributed by atoms with E-state index >= 15 is 0 Å². The maximum absolute atomic E-state index is 11.6. The van der Waals surface area contributed by atoms with Crippen molar-refractivity contribution in [3.8, 4) is 0 Å². The number of nitrogens with zero attached hydrogens (tertiary/aromatic N) is 1. The van der Waals surface area contributed by atoms with Gasteiger partial charge in [-0.25, -0.2) is 4.79 Å². The third kappa shape index (κ3) is 1.54. The van der Waals surface area contributed by atoms with Gasteiger partial charge in [0.15, 0.2) is 0 Å². The van der Waals surface area contributed by atoms with Gasteiger partial charge >= 0.3 is 5.97 Å². The van der Waals surface area contributed by atoms with Crippen LogP contribution in [0.5, 0.6) is 0 Å². The van der Waals surface area contributed by atoms with E-state index in [1.807, 2.05) is 12.1 Å². The Hall–Kier alpha value is -2.03. The van der Waals surface area contributed by atoms with E-state index < -0.39 is 5.97 Å². The standard InChI is InChI=1S/C19H19NO2/c21-19(22)13-7-16-14-5-1-3-11(14)9-20-10-12-4-2-6-15(12)17(8-13)18(16)20/h1-2,5-8,11-12,14-15H,3-4,9-10H2,(H,21,22)/t11-,12+,14-,15-/m0/s1. The highest BCUT2D eigenvalue weighted by Gasteiger charge is 2.42. The molecular formula is C19H19NO2. The van der Waals surface area contributed by atoms with E-state index in [-0.39, 0.29) is 0 Å². The van der Waals surface area contributed by atoms with E-state index in [0.29, 0.717) is 29.2 Å². The summed E-state index contributed by atoms with van der Waals surface area (Å²) in [6.45, 7) is 2.24. The van der Waals surface area contributed by atoms with Crippen LogP contribution in [0.1, 0.15) is 46.2 Å². The Morgan fingerprint density at radius 1 is 1.00 bits per heavy atom. The van der Waals surface area contributed by atoms with Gasteiger partial charge in [0.1, 0.15) is 0 Å². The Labute approximate surface area is 129 Å². The van der Waals surface area contributed by atoms with Crippen molar-refractivity contribution in [1.82, 2.24) is 0 Å². The van der Waals surface area contributed by atoms with Crippen molar-refractivity contribution < 1.29 is 9.90 Å². The number of carboxylic acid groups (broad SMARTS) is 1. The van der Waals surface area contributed by atoms with Gasteiger partial charge < -0.3 is 10.0 Å². The fraction of sp³-hybridized carbons (Fsp3) is 0.421. The number of carboxylic acids is 1. The lowest BCUT2D eigenvalue weighted by Gasteiger charge is -2.46. The average Bonchev–Trinajstić information content (AvgIpc) is 3.15. The van der Waals surface area contributed by atoms with Gasteiger partial charge in [-0.05, 0) is 47.9 Å². The van der Waals surface area contributed by atoms with Gasteiger partial charge in [0.25, 0.3) is 0 Å². The monoisotopic (exact) mass is 293 g/mol. The average molecular weight is 293 g/mol. The first-order valence-corrected chi connectivity index (χ1v) is 8.22. The summed E-state index contributed by atoms with van der Waals surface area (Å²) < 4.78 is 0. The van der Waals surface area contributed by atoms with Crippen LogP contribution in [0, 0.1) is 11.8 Å². The minimum atomic E-state index is -0.807. The predicted molar refractivity (Wildman–Crippen MR) is 85.6 cm³/mol. The highest BCUT2D eigenvalue weighted by Crippen LogP contribution is 2.53. The van der Waals surface area contributed by atoms with Crippen LogP contribution in [-0.2, 0) is 0 Å². The summed E-state index contributed by atoms with van der Waals surface area (Å²) in [5, 5.41) is 9.52. The first-order chi connectivity index (χ1) is 10.7. The summed E-state index contributed by atoms with van der Waals surface area (Å²) in [5.41, 5.74) is 4.29. The van der Waals surface area contributed by atoms with Gasteiger partial charge in [-0.15, -0.1) is 0 Å². The molecular weight excluding hydrogens is 274 g/mol. The van der Waals surface area contributed by atoms with Gasteiger partial charge in [0.05, 0.1) is 5.56 Å². The molecule has 4 atom stereocenters. The SMILES string of the molecule is O=C(O)c1cc2c3c(c1)[C@H]1C=CC[C@H]1CN3C[C@H]1CC=C[C@H]21.